The molecule has 1 N–H and O–H groups in total. The summed E-state index contributed by atoms with van der Waals surface area (Å²) in [5, 5.41) is 0. The van der Waals surface area contributed by atoms with Crippen LogP contribution in [-0.4, -0.2) is 19.6 Å². The Hall–Kier alpha value is -3.10. The molecule has 0 atom stereocenters. The van der Waals surface area contributed by atoms with E-state index >= 15 is 0 Å². The molecule has 0 aliphatic heterocycles. The summed E-state index contributed by atoms with van der Waals surface area (Å²) >= 11 is 1.04. The van der Waals surface area contributed by atoms with Gasteiger partial charge in [0.1, 0.15) is 5.75 Å². The second-order valence-electron chi connectivity index (χ2n) is 6.63. The molecule has 1 heterocycles. The number of nitrogens with zero attached hydrogens (tertiary/aromatic N) is 1. The molecule has 8 heteroatoms. The van der Waals surface area contributed by atoms with Gasteiger partial charge < -0.3 is 4.74 Å². The third kappa shape index (κ3) is 4.24. The van der Waals surface area contributed by atoms with E-state index in [9.17, 15) is 13.2 Å². The molecule has 30 heavy (non-hydrogen) atoms. The summed E-state index contributed by atoms with van der Waals surface area (Å²) in [5.41, 5.74) is 2.16. The zero-order valence-corrected chi connectivity index (χ0v) is 17.9. The molecule has 0 radical (unpaired) electrons. The molecule has 154 valence electrons. The minimum absolute atomic E-state index is 0.108. The highest BCUT2D eigenvalue weighted by atomic mass is 32.2. The first-order chi connectivity index (χ1) is 14.5. The highest BCUT2D eigenvalue weighted by molar-refractivity contribution is 7.92. The van der Waals surface area contributed by atoms with Crippen molar-refractivity contribution < 1.29 is 13.2 Å². The maximum Gasteiger partial charge on any atom is 0.308 e. The third-order valence-electron chi connectivity index (χ3n) is 4.55. The molecule has 0 fully saturated rings. The highest BCUT2D eigenvalue weighted by Crippen LogP contribution is 2.25. The molecular weight excluding hydrogens is 420 g/mol. The van der Waals surface area contributed by atoms with Crippen LogP contribution in [0.4, 0.5) is 5.69 Å². The van der Waals surface area contributed by atoms with Gasteiger partial charge in [0.25, 0.3) is 10.0 Å². The quantitative estimate of drug-likeness (QED) is 0.465. The van der Waals surface area contributed by atoms with Crippen LogP contribution in [0.5, 0.6) is 5.75 Å². The predicted octanol–water partition coefficient (Wildman–Crippen LogP) is 4.31. The number of hydrogen-bond donors (Lipinski definition) is 1. The standard InChI is InChI=1S/C22H20N2O4S2/c1-2-28-18-10-8-17(9-11-18)23-30(26,27)19-12-13-20-21(14-19)29-22(25)24(20)15-16-6-4-3-5-7-16/h3-14,23H,2,15H2,1H3. The molecule has 3 aromatic carbocycles. The lowest BCUT2D eigenvalue weighted by atomic mass is 10.2. The van der Waals surface area contributed by atoms with Crippen molar-refractivity contribution in [3.8, 4) is 5.75 Å². The summed E-state index contributed by atoms with van der Waals surface area (Å²) in [5.74, 6) is 0.673. The van der Waals surface area contributed by atoms with E-state index in [1.807, 2.05) is 37.3 Å². The van der Waals surface area contributed by atoms with Gasteiger partial charge in [-0.05, 0) is 55.0 Å². The minimum Gasteiger partial charge on any atom is -0.494 e. The van der Waals surface area contributed by atoms with Crippen LogP contribution in [0, 0.1) is 0 Å². The van der Waals surface area contributed by atoms with E-state index in [0.29, 0.717) is 34.8 Å². The van der Waals surface area contributed by atoms with Crippen LogP contribution in [0.3, 0.4) is 0 Å². The summed E-state index contributed by atoms with van der Waals surface area (Å²) < 4.78 is 35.9. The lowest BCUT2D eigenvalue weighted by molar-refractivity contribution is 0.340. The topological polar surface area (TPSA) is 77.4 Å². The van der Waals surface area contributed by atoms with Gasteiger partial charge in [-0.2, -0.15) is 0 Å². The summed E-state index contributed by atoms with van der Waals surface area (Å²) in [7, 11) is -3.79. The number of thiazole rings is 1. The van der Waals surface area contributed by atoms with Gasteiger partial charge in [-0.3, -0.25) is 14.1 Å². The Morgan fingerprint density at radius 2 is 1.73 bits per heavy atom. The van der Waals surface area contributed by atoms with Gasteiger partial charge in [0, 0.05) is 5.69 Å². The normalized spacial score (nSPS) is 11.5. The highest BCUT2D eigenvalue weighted by Gasteiger charge is 2.17. The van der Waals surface area contributed by atoms with Crippen molar-refractivity contribution in [3.05, 3.63) is 88.0 Å². The van der Waals surface area contributed by atoms with E-state index in [1.54, 1.807) is 41.0 Å². The Kier molecular flexibility index (Phi) is 5.61. The average Bonchev–Trinajstić information content (AvgIpc) is 3.05. The minimum atomic E-state index is -3.79. The van der Waals surface area contributed by atoms with Crippen LogP contribution in [0.25, 0.3) is 10.2 Å². The van der Waals surface area contributed by atoms with Crippen molar-refractivity contribution in [3.63, 3.8) is 0 Å². The van der Waals surface area contributed by atoms with Crippen molar-refractivity contribution in [2.75, 3.05) is 11.3 Å². The van der Waals surface area contributed by atoms with Crippen LogP contribution in [0.15, 0.2) is 82.5 Å². The number of anilines is 1. The number of rotatable bonds is 7. The first-order valence-corrected chi connectivity index (χ1v) is 11.7. The van der Waals surface area contributed by atoms with Crippen molar-refractivity contribution in [2.45, 2.75) is 18.4 Å². The maximum atomic E-state index is 12.8. The van der Waals surface area contributed by atoms with Gasteiger partial charge in [0.15, 0.2) is 0 Å². The lowest BCUT2D eigenvalue weighted by Gasteiger charge is -2.10. The molecule has 0 aliphatic carbocycles. The van der Waals surface area contributed by atoms with Gasteiger partial charge in [0.2, 0.25) is 0 Å². The van der Waals surface area contributed by atoms with Crippen LogP contribution >= 0.6 is 11.3 Å². The van der Waals surface area contributed by atoms with Crippen molar-refractivity contribution in [2.24, 2.45) is 0 Å². The van der Waals surface area contributed by atoms with Crippen LogP contribution < -0.4 is 14.3 Å². The van der Waals surface area contributed by atoms with Gasteiger partial charge in [-0.25, -0.2) is 8.42 Å². The fraction of sp³-hybridized carbons (Fsp3) is 0.136. The molecule has 0 saturated heterocycles. The number of hydrogen-bond acceptors (Lipinski definition) is 5. The van der Waals surface area contributed by atoms with Crippen LogP contribution in [0.2, 0.25) is 0 Å². The number of sulfonamides is 1. The average molecular weight is 441 g/mol. The smallest absolute Gasteiger partial charge is 0.308 e. The van der Waals surface area contributed by atoms with Crippen molar-refractivity contribution in [1.82, 2.24) is 4.57 Å². The molecule has 0 spiro atoms. The Bertz CT molecular complexity index is 1330. The zero-order valence-electron chi connectivity index (χ0n) is 16.2. The van der Waals surface area contributed by atoms with E-state index < -0.39 is 10.0 Å². The zero-order chi connectivity index (χ0) is 21.1. The van der Waals surface area contributed by atoms with Crippen molar-refractivity contribution in [1.29, 1.82) is 0 Å². The van der Waals surface area contributed by atoms with Gasteiger partial charge in [-0.15, -0.1) is 0 Å². The maximum absolute atomic E-state index is 12.8. The van der Waals surface area contributed by atoms with Crippen LogP contribution in [-0.2, 0) is 16.6 Å². The molecule has 0 unspecified atom stereocenters. The van der Waals surface area contributed by atoms with Gasteiger partial charge in [0.05, 0.1) is 28.3 Å². The molecule has 4 rings (SSSR count). The Morgan fingerprint density at radius 3 is 2.43 bits per heavy atom. The Morgan fingerprint density at radius 1 is 1.00 bits per heavy atom. The molecule has 0 bridgehead atoms. The van der Waals surface area contributed by atoms with E-state index in [2.05, 4.69) is 4.72 Å². The largest absolute Gasteiger partial charge is 0.494 e. The van der Waals surface area contributed by atoms with E-state index in [1.165, 1.54) is 6.07 Å². The molecule has 4 aromatic rings. The SMILES string of the molecule is CCOc1ccc(NS(=O)(=O)c2ccc3c(c2)sc(=O)n3Cc2ccccc2)cc1. The van der Waals surface area contributed by atoms with Crippen molar-refractivity contribution >= 4 is 37.3 Å². The number of aromatic nitrogens is 1. The summed E-state index contributed by atoms with van der Waals surface area (Å²) in [6.07, 6.45) is 0. The monoisotopic (exact) mass is 440 g/mol. The predicted molar refractivity (Wildman–Crippen MR) is 120 cm³/mol. The summed E-state index contributed by atoms with van der Waals surface area (Å²) in [6.45, 7) is 2.86. The summed E-state index contributed by atoms with van der Waals surface area (Å²) in [4.78, 5) is 12.5. The summed E-state index contributed by atoms with van der Waals surface area (Å²) in [6, 6.07) is 21.1. The van der Waals surface area contributed by atoms with E-state index in [-0.39, 0.29) is 9.77 Å². The first kappa shape index (κ1) is 20.2. The fourth-order valence-electron chi connectivity index (χ4n) is 3.13. The first-order valence-electron chi connectivity index (χ1n) is 9.39. The second-order valence-corrected chi connectivity index (χ2v) is 9.31. The lowest BCUT2D eigenvalue weighted by Crippen LogP contribution is -2.14. The molecule has 0 aliphatic rings. The third-order valence-corrected chi connectivity index (χ3v) is 6.87. The van der Waals surface area contributed by atoms with E-state index in [0.717, 1.165) is 16.9 Å². The van der Waals surface area contributed by atoms with E-state index in [4.69, 9.17) is 4.74 Å². The van der Waals surface area contributed by atoms with Gasteiger partial charge in [-0.1, -0.05) is 41.7 Å². The Balaban J connectivity index is 1.62. The van der Waals surface area contributed by atoms with Crippen LogP contribution in [0.1, 0.15) is 12.5 Å². The molecule has 0 saturated carbocycles. The van der Waals surface area contributed by atoms with Gasteiger partial charge >= 0.3 is 4.87 Å². The number of nitrogens with one attached hydrogen (secondary N) is 1. The molecule has 1 aromatic heterocycles. The number of benzene rings is 3. The molecule has 0 amide bonds. The molecular formula is C22H20N2O4S2. The number of ether oxygens (including phenoxy) is 1. The Labute approximate surface area is 178 Å². The fourth-order valence-corrected chi connectivity index (χ4v) is 5.22. The second kappa shape index (κ2) is 8.33. The number of fused-ring (bicyclic) bond motifs is 1. The molecule has 6 nitrogen and oxygen atoms in total.